The van der Waals surface area contributed by atoms with Crippen molar-refractivity contribution in [2.45, 2.75) is 25.3 Å². The van der Waals surface area contributed by atoms with Crippen molar-refractivity contribution in [1.29, 1.82) is 0 Å². The van der Waals surface area contributed by atoms with Crippen LogP contribution in [0.2, 0.25) is 0 Å². The maximum Gasteiger partial charge on any atom is 0.255 e. The molecule has 0 aliphatic carbocycles. The highest BCUT2D eigenvalue weighted by atomic mass is 32.2. The van der Waals surface area contributed by atoms with Crippen LogP contribution in [0, 0.1) is 6.92 Å². The molecule has 1 N–H and O–H groups in total. The van der Waals surface area contributed by atoms with E-state index in [4.69, 9.17) is 0 Å². The van der Waals surface area contributed by atoms with Gasteiger partial charge in [0.15, 0.2) is 0 Å². The molecular weight excluding hydrogens is 258 g/mol. The molecule has 0 atom stereocenters. The van der Waals surface area contributed by atoms with E-state index in [0.717, 1.165) is 22.8 Å². The number of anilines is 1. The number of rotatable bonds is 4. The average Bonchev–Trinajstić information content (AvgIpc) is 2.79. The molecule has 4 nitrogen and oxygen atoms in total. The zero-order chi connectivity index (χ0) is 13.8. The van der Waals surface area contributed by atoms with Gasteiger partial charge in [0.1, 0.15) is 0 Å². The smallest absolute Gasteiger partial charge is 0.255 e. The van der Waals surface area contributed by atoms with E-state index in [0.29, 0.717) is 5.56 Å². The van der Waals surface area contributed by atoms with Crippen molar-refractivity contribution in [2.75, 3.05) is 11.6 Å². The molecule has 19 heavy (non-hydrogen) atoms. The molecule has 2 rings (SSSR count). The van der Waals surface area contributed by atoms with E-state index < -0.39 is 0 Å². The Balaban J connectivity index is 2.13. The fourth-order valence-corrected chi connectivity index (χ4v) is 2.23. The van der Waals surface area contributed by atoms with Crippen molar-refractivity contribution in [3.8, 4) is 0 Å². The maximum atomic E-state index is 12.1. The molecule has 0 aliphatic rings. The van der Waals surface area contributed by atoms with E-state index in [2.05, 4.69) is 10.4 Å². The lowest BCUT2D eigenvalue weighted by atomic mass is 10.2. The molecule has 0 saturated carbocycles. The van der Waals surface area contributed by atoms with Crippen molar-refractivity contribution < 1.29 is 4.79 Å². The Labute approximate surface area is 117 Å². The lowest BCUT2D eigenvalue weighted by Crippen LogP contribution is -2.12. The van der Waals surface area contributed by atoms with Crippen LogP contribution in [0.4, 0.5) is 5.69 Å². The molecule has 0 spiro atoms. The zero-order valence-corrected chi connectivity index (χ0v) is 12.1. The number of nitrogens with one attached hydrogen (secondary N) is 1. The fourth-order valence-electron chi connectivity index (χ4n) is 1.82. The normalized spacial score (nSPS) is 10.5. The van der Waals surface area contributed by atoms with Gasteiger partial charge in [0.05, 0.1) is 17.6 Å². The minimum absolute atomic E-state index is 0.105. The number of aryl methyl sites for hydroxylation is 1. The van der Waals surface area contributed by atoms with Crippen LogP contribution in [0.1, 0.15) is 23.0 Å². The van der Waals surface area contributed by atoms with E-state index in [1.807, 2.05) is 49.1 Å². The molecule has 2 aromatic rings. The van der Waals surface area contributed by atoms with E-state index >= 15 is 0 Å². The molecule has 1 heterocycles. The molecule has 0 fully saturated rings. The molecular formula is C14H17N3OS. The third kappa shape index (κ3) is 2.98. The highest BCUT2D eigenvalue weighted by Gasteiger charge is 2.10. The molecule has 0 bridgehead atoms. The minimum Gasteiger partial charge on any atom is -0.319 e. The van der Waals surface area contributed by atoms with Gasteiger partial charge in [-0.05, 0) is 44.4 Å². The van der Waals surface area contributed by atoms with Crippen LogP contribution in [0.5, 0.6) is 0 Å². The summed E-state index contributed by atoms with van der Waals surface area (Å²) in [6.45, 7) is 4.76. The van der Waals surface area contributed by atoms with Gasteiger partial charge < -0.3 is 5.32 Å². The van der Waals surface area contributed by atoms with E-state index in [-0.39, 0.29) is 5.91 Å². The number of hydrogen-bond acceptors (Lipinski definition) is 3. The largest absolute Gasteiger partial charge is 0.319 e. The second kappa shape index (κ2) is 5.93. The molecule has 100 valence electrons. The molecule has 1 aromatic carbocycles. The topological polar surface area (TPSA) is 46.9 Å². The van der Waals surface area contributed by atoms with Gasteiger partial charge in [0.2, 0.25) is 0 Å². The second-order valence-corrected chi connectivity index (χ2v) is 5.02. The summed E-state index contributed by atoms with van der Waals surface area (Å²) in [5.74, 6) is -0.105. The van der Waals surface area contributed by atoms with Crippen molar-refractivity contribution in [3.63, 3.8) is 0 Å². The van der Waals surface area contributed by atoms with Gasteiger partial charge in [0.25, 0.3) is 5.91 Å². The summed E-state index contributed by atoms with van der Waals surface area (Å²) in [6, 6.07) is 7.56. The molecule has 5 heteroatoms. The summed E-state index contributed by atoms with van der Waals surface area (Å²) in [5, 5.41) is 7.10. The van der Waals surface area contributed by atoms with E-state index in [9.17, 15) is 4.79 Å². The standard InChI is InChI=1S/C14H17N3OS/c1-4-17-10(2)13(9-15-17)16-14(18)11-5-7-12(19-3)8-6-11/h5-9H,4H2,1-3H3,(H,16,18). The van der Waals surface area contributed by atoms with Gasteiger partial charge in [-0.15, -0.1) is 11.8 Å². The Morgan fingerprint density at radius 1 is 1.37 bits per heavy atom. The Hall–Kier alpha value is -1.75. The highest BCUT2D eigenvalue weighted by Crippen LogP contribution is 2.17. The number of benzene rings is 1. The monoisotopic (exact) mass is 275 g/mol. The van der Waals surface area contributed by atoms with Crippen LogP contribution in [-0.2, 0) is 6.54 Å². The van der Waals surface area contributed by atoms with Gasteiger partial charge in [0, 0.05) is 17.0 Å². The molecule has 0 unspecified atom stereocenters. The number of nitrogens with zero attached hydrogens (tertiary/aromatic N) is 2. The number of amides is 1. The summed E-state index contributed by atoms with van der Waals surface area (Å²) < 4.78 is 1.85. The summed E-state index contributed by atoms with van der Waals surface area (Å²) in [7, 11) is 0. The van der Waals surface area contributed by atoms with E-state index in [1.165, 1.54) is 0 Å². The molecule has 0 saturated heterocycles. The number of carbonyl (C=O) groups excluding carboxylic acids is 1. The van der Waals surface area contributed by atoms with Crippen LogP contribution in [-0.4, -0.2) is 21.9 Å². The number of aromatic nitrogens is 2. The Kier molecular flexibility index (Phi) is 4.27. The first-order chi connectivity index (χ1) is 9.15. The van der Waals surface area contributed by atoms with Gasteiger partial charge in [-0.25, -0.2) is 0 Å². The van der Waals surface area contributed by atoms with Gasteiger partial charge in [-0.2, -0.15) is 5.10 Å². The van der Waals surface area contributed by atoms with Crippen LogP contribution in [0.25, 0.3) is 0 Å². The third-order valence-corrected chi connectivity index (χ3v) is 3.75. The van der Waals surface area contributed by atoms with Crippen LogP contribution in [0.15, 0.2) is 35.4 Å². The van der Waals surface area contributed by atoms with Crippen molar-refractivity contribution in [3.05, 3.63) is 41.7 Å². The molecule has 0 radical (unpaired) electrons. The molecule has 1 aromatic heterocycles. The predicted octanol–water partition coefficient (Wildman–Crippen LogP) is 3.19. The summed E-state index contributed by atoms with van der Waals surface area (Å²) in [5.41, 5.74) is 2.39. The van der Waals surface area contributed by atoms with Crippen LogP contribution in [0.3, 0.4) is 0 Å². The molecule has 1 amide bonds. The first-order valence-corrected chi connectivity index (χ1v) is 7.36. The predicted molar refractivity (Wildman–Crippen MR) is 78.8 cm³/mol. The highest BCUT2D eigenvalue weighted by molar-refractivity contribution is 7.98. The quantitative estimate of drug-likeness (QED) is 0.872. The van der Waals surface area contributed by atoms with Crippen molar-refractivity contribution in [2.24, 2.45) is 0 Å². The lowest BCUT2D eigenvalue weighted by Gasteiger charge is -2.06. The Morgan fingerprint density at radius 3 is 2.58 bits per heavy atom. The Morgan fingerprint density at radius 2 is 2.05 bits per heavy atom. The summed E-state index contributed by atoms with van der Waals surface area (Å²) >= 11 is 1.66. The first-order valence-electron chi connectivity index (χ1n) is 6.13. The second-order valence-electron chi connectivity index (χ2n) is 4.14. The first kappa shape index (κ1) is 13.7. The number of carbonyl (C=O) groups is 1. The average molecular weight is 275 g/mol. The van der Waals surface area contributed by atoms with Crippen LogP contribution < -0.4 is 5.32 Å². The SMILES string of the molecule is CCn1ncc(NC(=O)c2ccc(SC)cc2)c1C. The summed E-state index contributed by atoms with van der Waals surface area (Å²) in [6.07, 6.45) is 3.70. The van der Waals surface area contributed by atoms with Gasteiger partial charge in [-0.3, -0.25) is 9.48 Å². The lowest BCUT2D eigenvalue weighted by molar-refractivity contribution is 0.102. The van der Waals surface area contributed by atoms with Crippen molar-refractivity contribution in [1.82, 2.24) is 9.78 Å². The molecule has 0 aliphatic heterocycles. The van der Waals surface area contributed by atoms with E-state index in [1.54, 1.807) is 18.0 Å². The number of thioether (sulfide) groups is 1. The van der Waals surface area contributed by atoms with Gasteiger partial charge >= 0.3 is 0 Å². The van der Waals surface area contributed by atoms with Crippen LogP contribution >= 0.6 is 11.8 Å². The minimum atomic E-state index is -0.105. The van der Waals surface area contributed by atoms with Gasteiger partial charge in [-0.1, -0.05) is 0 Å². The fraction of sp³-hybridized carbons (Fsp3) is 0.286. The van der Waals surface area contributed by atoms with Crippen molar-refractivity contribution >= 4 is 23.4 Å². The summed E-state index contributed by atoms with van der Waals surface area (Å²) in [4.78, 5) is 13.3. The number of hydrogen-bond donors (Lipinski definition) is 1. The zero-order valence-electron chi connectivity index (χ0n) is 11.3. The third-order valence-electron chi connectivity index (χ3n) is 3.00. The maximum absolute atomic E-state index is 12.1. The Bertz CT molecular complexity index is 575.